The topological polar surface area (TPSA) is 85.4 Å². The van der Waals surface area contributed by atoms with Gasteiger partial charge < -0.3 is 9.88 Å². The predicted molar refractivity (Wildman–Crippen MR) is 125 cm³/mol. The number of amides is 2. The Labute approximate surface area is 187 Å². The summed E-state index contributed by atoms with van der Waals surface area (Å²) in [4.78, 5) is 29.8. The second-order valence-corrected chi connectivity index (χ2v) is 8.40. The van der Waals surface area contributed by atoms with Crippen LogP contribution in [-0.4, -0.2) is 33.5 Å². The summed E-state index contributed by atoms with van der Waals surface area (Å²) in [5.41, 5.74) is 5.83. The number of hydrogen-bond donors (Lipinski definition) is 3. The van der Waals surface area contributed by atoms with Gasteiger partial charge in [0.15, 0.2) is 0 Å². The first-order chi connectivity index (χ1) is 15.6. The van der Waals surface area contributed by atoms with E-state index in [1.807, 2.05) is 47.5 Å². The molecular formula is C26H29N3O3. The number of carbonyl (C=O) groups excluding carboxylic acids is 2. The summed E-state index contributed by atoms with van der Waals surface area (Å²) in [7, 11) is 0. The second kappa shape index (κ2) is 10.3. The maximum Gasteiger partial charge on any atom is 0.267 e. The number of benzene rings is 2. The van der Waals surface area contributed by atoms with Crippen LogP contribution in [0, 0.1) is 5.92 Å². The van der Waals surface area contributed by atoms with E-state index in [0.717, 1.165) is 48.7 Å². The molecule has 4 rings (SSSR count). The SMILES string of the molecule is O=C(C=Cc1ccc(CN(CCc2c[nH]c3ccccc23)C(=O)C2CCCC2)cc1)NO. The van der Waals surface area contributed by atoms with Crippen molar-refractivity contribution in [3.63, 3.8) is 0 Å². The number of H-pyrrole nitrogens is 1. The number of hydrogen-bond acceptors (Lipinski definition) is 3. The van der Waals surface area contributed by atoms with E-state index >= 15 is 0 Å². The van der Waals surface area contributed by atoms with Crippen molar-refractivity contribution in [2.75, 3.05) is 6.54 Å². The Balaban J connectivity index is 1.47. The molecule has 2 amide bonds. The monoisotopic (exact) mass is 431 g/mol. The highest BCUT2D eigenvalue weighted by atomic mass is 16.5. The molecular weight excluding hydrogens is 402 g/mol. The number of aromatic amines is 1. The number of hydroxylamine groups is 1. The van der Waals surface area contributed by atoms with Crippen molar-refractivity contribution >= 4 is 28.8 Å². The molecule has 1 aromatic heterocycles. The Bertz CT molecular complexity index is 1090. The van der Waals surface area contributed by atoms with Gasteiger partial charge in [0, 0.05) is 42.2 Å². The summed E-state index contributed by atoms with van der Waals surface area (Å²) in [6.07, 6.45) is 9.99. The van der Waals surface area contributed by atoms with Gasteiger partial charge in [-0.15, -0.1) is 0 Å². The number of fused-ring (bicyclic) bond motifs is 1. The molecule has 3 N–H and O–H groups in total. The molecule has 2 aromatic carbocycles. The van der Waals surface area contributed by atoms with Crippen LogP contribution in [0.15, 0.2) is 60.8 Å². The third kappa shape index (κ3) is 5.26. The standard InChI is InChI=1S/C26H29N3O3/c30-25(28-32)14-13-19-9-11-20(12-10-19)18-29(26(31)21-5-1-2-6-21)16-15-22-17-27-24-8-4-3-7-23(22)24/h3-4,7-14,17,21,27,32H,1-2,5-6,15-16,18H2,(H,28,30). The van der Waals surface area contributed by atoms with Crippen LogP contribution in [-0.2, 0) is 22.6 Å². The van der Waals surface area contributed by atoms with E-state index in [0.29, 0.717) is 13.1 Å². The smallest absolute Gasteiger partial charge is 0.267 e. The molecule has 32 heavy (non-hydrogen) atoms. The predicted octanol–water partition coefficient (Wildman–Crippen LogP) is 4.45. The van der Waals surface area contributed by atoms with Gasteiger partial charge in [-0.2, -0.15) is 0 Å². The van der Waals surface area contributed by atoms with Gasteiger partial charge in [0.05, 0.1) is 0 Å². The summed E-state index contributed by atoms with van der Waals surface area (Å²) in [5, 5.41) is 9.80. The second-order valence-electron chi connectivity index (χ2n) is 8.40. The number of rotatable bonds is 8. The average molecular weight is 432 g/mol. The minimum absolute atomic E-state index is 0.136. The van der Waals surface area contributed by atoms with Crippen molar-refractivity contribution < 1.29 is 14.8 Å². The highest BCUT2D eigenvalue weighted by Crippen LogP contribution is 2.28. The van der Waals surface area contributed by atoms with E-state index in [9.17, 15) is 9.59 Å². The fourth-order valence-corrected chi connectivity index (χ4v) is 4.46. The summed E-state index contributed by atoms with van der Waals surface area (Å²) in [5.74, 6) is -0.178. The molecule has 0 atom stereocenters. The molecule has 0 spiro atoms. The van der Waals surface area contributed by atoms with Crippen molar-refractivity contribution in [2.45, 2.75) is 38.6 Å². The molecule has 3 aromatic rings. The van der Waals surface area contributed by atoms with E-state index in [4.69, 9.17) is 5.21 Å². The zero-order valence-corrected chi connectivity index (χ0v) is 18.1. The lowest BCUT2D eigenvalue weighted by atomic mass is 10.0. The molecule has 1 fully saturated rings. The van der Waals surface area contributed by atoms with Crippen molar-refractivity contribution in [3.05, 3.63) is 77.5 Å². The Morgan fingerprint density at radius 1 is 1.09 bits per heavy atom. The first kappa shape index (κ1) is 21.8. The molecule has 0 radical (unpaired) electrons. The first-order valence-corrected chi connectivity index (χ1v) is 11.2. The van der Waals surface area contributed by atoms with Crippen molar-refractivity contribution in [3.8, 4) is 0 Å². The zero-order chi connectivity index (χ0) is 22.3. The lowest BCUT2D eigenvalue weighted by molar-refractivity contribution is -0.136. The van der Waals surface area contributed by atoms with Crippen LogP contribution in [0.3, 0.4) is 0 Å². The number of para-hydroxylation sites is 1. The molecule has 6 nitrogen and oxygen atoms in total. The zero-order valence-electron chi connectivity index (χ0n) is 18.1. The van der Waals surface area contributed by atoms with Gasteiger partial charge in [0.25, 0.3) is 5.91 Å². The van der Waals surface area contributed by atoms with E-state index in [1.54, 1.807) is 11.6 Å². The van der Waals surface area contributed by atoms with Crippen molar-refractivity contribution in [1.29, 1.82) is 0 Å². The molecule has 1 aliphatic carbocycles. The number of nitrogens with one attached hydrogen (secondary N) is 2. The lowest BCUT2D eigenvalue weighted by Gasteiger charge is -2.26. The van der Waals surface area contributed by atoms with Crippen LogP contribution < -0.4 is 5.48 Å². The van der Waals surface area contributed by atoms with E-state index in [-0.39, 0.29) is 11.8 Å². The maximum absolute atomic E-state index is 13.3. The van der Waals surface area contributed by atoms with Gasteiger partial charge in [0.1, 0.15) is 0 Å². The van der Waals surface area contributed by atoms with Gasteiger partial charge >= 0.3 is 0 Å². The van der Waals surface area contributed by atoms with E-state index in [2.05, 4.69) is 17.1 Å². The van der Waals surface area contributed by atoms with E-state index in [1.165, 1.54) is 17.0 Å². The molecule has 1 heterocycles. The van der Waals surface area contributed by atoms with Gasteiger partial charge in [-0.3, -0.25) is 14.8 Å². The third-order valence-electron chi connectivity index (χ3n) is 6.23. The number of carbonyl (C=O) groups is 2. The minimum atomic E-state index is -0.570. The molecule has 0 saturated heterocycles. The molecule has 0 unspecified atom stereocenters. The van der Waals surface area contributed by atoms with Gasteiger partial charge in [-0.05, 0) is 48.1 Å². The summed E-state index contributed by atoms with van der Waals surface area (Å²) < 4.78 is 0. The van der Waals surface area contributed by atoms with Crippen LogP contribution in [0.4, 0.5) is 0 Å². The molecule has 0 aliphatic heterocycles. The minimum Gasteiger partial charge on any atom is -0.361 e. The van der Waals surface area contributed by atoms with Gasteiger partial charge in [-0.25, -0.2) is 5.48 Å². The highest BCUT2D eigenvalue weighted by Gasteiger charge is 2.27. The largest absolute Gasteiger partial charge is 0.361 e. The van der Waals surface area contributed by atoms with Gasteiger partial charge in [-0.1, -0.05) is 55.3 Å². The van der Waals surface area contributed by atoms with Crippen LogP contribution in [0.5, 0.6) is 0 Å². The van der Waals surface area contributed by atoms with Crippen LogP contribution in [0.2, 0.25) is 0 Å². The summed E-state index contributed by atoms with van der Waals surface area (Å²) >= 11 is 0. The summed E-state index contributed by atoms with van der Waals surface area (Å²) in [6, 6.07) is 16.0. The first-order valence-electron chi connectivity index (χ1n) is 11.2. The fourth-order valence-electron chi connectivity index (χ4n) is 4.46. The quantitative estimate of drug-likeness (QED) is 0.280. The normalized spacial score (nSPS) is 14.3. The highest BCUT2D eigenvalue weighted by molar-refractivity contribution is 5.90. The fraction of sp³-hybridized carbons (Fsp3) is 0.308. The Morgan fingerprint density at radius 3 is 2.59 bits per heavy atom. The van der Waals surface area contributed by atoms with Crippen LogP contribution in [0.25, 0.3) is 17.0 Å². The molecule has 1 aliphatic rings. The van der Waals surface area contributed by atoms with Crippen LogP contribution >= 0.6 is 0 Å². The molecule has 6 heteroatoms. The van der Waals surface area contributed by atoms with Crippen LogP contribution in [0.1, 0.15) is 42.4 Å². The van der Waals surface area contributed by atoms with Crippen molar-refractivity contribution in [1.82, 2.24) is 15.4 Å². The lowest BCUT2D eigenvalue weighted by Crippen LogP contribution is -2.36. The molecule has 166 valence electrons. The number of nitrogens with zero attached hydrogens (tertiary/aromatic N) is 1. The summed E-state index contributed by atoms with van der Waals surface area (Å²) in [6.45, 7) is 1.24. The number of aromatic nitrogens is 1. The Hall–Kier alpha value is -3.38. The maximum atomic E-state index is 13.3. The van der Waals surface area contributed by atoms with Crippen molar-refractivity contribution in [2.24, 2.45) is 5.92 Å². The average Bonchev–Trinajstić information content (AvgIpc) is 3.51. The Morgan fingerprint density at radius 2 is 1.84 bits per heavy atom. The Kier molecular flexibility index (Phi) is 7.02. The molecule has 0 bridgehead atoms. The van der Waals surface area contributed by atoms with Gasteiger partial charge in [0.2, 0.25) is 5.91 Å². The van der Waals surface area contributed by atoms with E-state index < -0.39 is 5.91 Å². The third-order valence-corrected chi connectivity index (χ3v) is 6.23. The molecule has 1 saturated carbocycles.